The van der Waals surface area contributed by atoms with Crippen molar-refractivity contribution in [2.24, 2.45) is 5.92 Å². The number of aryl methyl sites for hydroxylation is 2. The summed E-state index contributed by atoms with van der Waals surface area (Å²) in [4.78, 5) is 39.4. The minimum absolute atomic E-state index is 0.155. The molecule has 21 nitrogen and oxygen atoms in total. The van der Waals surface area contributed by atoms with Crippen LogP contribution in [0.15, 0.2) is 146 Å². The highest BCUT2D eigenvalue weighted by molar-refractivity contribution is 5.63. The summed E-state index contributed by atoms with van der Waals surface area (Å²) in [5.41, 5.74) is 4.05. The predicted octanol–water partition coefficient (Wildman–Crippen LogP) is 11.0. The van der Waals surface area contributed by atoms with Gasteiger partial charge in [-0.15, -0.1) is 0 Å². The summed E-state index contributed by atoms with van der Waals surface area (Å²) in [5.74, 6) is 5.52. The minimum atomic E-state index is 0.155. The molecule has 21 heteroatoms. The van der Waals surface area contributed by atoms with Crippen molar-refractivity contribution in [3.8, 4) is 34.5 Å². The van der Waals surface area contributed by atoms with E-state index in [1.54, 1.807) is 121 Å². The first-order valence-electron chi connectivity index (χ1n) is 23.8. The highest BCUT2D eigenvalue weighted by Gasteiger charge is 2.12. The van der Waals surface area contributed by atoms with E-state index in [-0.39, 0.29) is 34.5 Å². The first kappa shape index (κ1) is 52.8. The molecule has 384 valence electrons. The predicted molar refractivity (Wildman–Crippen MR) is 290 cm³/mol. The van der Waals surface area contributed by atoms with Gasteiger partial charge in [-0.2, -0.15) is 44.9 Å². The normalized spacial score (nSPS) is 10.5. The molecule has 0 aliphatic heterocycles. The van der Waals surface area contributed by atoms with Crippen LogP contribution in [0.25, 0.3) is 0 Å². The van der Waals surface area contributed by atoms with Crippen molar-refractivity contribution >= 4 is 69.8 Å². The van der Waals surface area contributed by atoms with Gasteiger partial charge in [0.25, 0.3) is 0 Å². The Hall–Kier alpha value is -10.1. The maximum atomic E-state index is 9.61. The summed E-state index contributed by atoms with van der Waals surface area (Å²) in [7, 11) is 0. The fourth-order valence-corrected chi connectivity index (χ4v) is 6.82. The van der Waals surface area contributed by atoms with E-state index in [2.05, 4.69) is 97.5 Å². The number of rotatable bonds is 17. The SMILES string of the molecule is CC(C)Cc1nc(Nc2cccc(O)c2)nc(Nc2cccc(O)c2)n1.CCCc1nc(Nc2cccc(O)c2)nc(Nc2cccc(O)c2)n1.CCc1nc(Nc2cccc(O)c2)nc(Nc2cccc(O)c2)n1. The van der Waals surface area contributed by atoms with Gasteiger partial charge in [0.05, 0.1) is 0 Å². The van der Waals surface area contributed by atoms with Gasteiger partial charge in [-0.05, 0) is 85.1 Å². The molecular weight excluding hydrogens is 955 g/mol. The van der Waals surface area contributed by atoms with Crippen LogP contribution in [0, 0.1) is 5.92 Å². The number of hydrogen-bond acceptors (Lipinski definition) is 21. The molecule has 9 rings (SSSR count). The van der Waals surface area contributed by atoms with Crippen LogP contribution < -0.4 is 31.9 Å². The van der Waals surface area contributed by atoms with Gasteiger partial charge < -0.3 is 62.5 Å². The van der Waals surface area contributed by atoms with E-state index in [1.165, 1.54) is 0 Å². The third-order valence-electron chi connectivity index (χ3n) is 10.0. The summed E-state index contributed by atoms with van der Waals surface area (Å²) in [6, 6.07) is 40.3. The third-order valence-corrected chi connectivity index (χ3v) is 10.0. The number of benzene rings is 6. The number of hydrogen-bond donors (Lipinski definition) is 12. The second-order valence-electron chi connectivity index (χ2n) is 17.0. The summed E-state index contributed by atoms with van der Waals surface area (Å²) in [5, 5.41) is 75.8. The Kier molecular flexibility index (Phi) is 18.2. The smallest absolute Gasteiger partial charge is 0.232 e. The molecule has 0 unspecified atom stereocenters. The van der Waals surface area contributed by atoms with Crippen molar-refractivity contribution in [3.63, 3.8) is 0 Å². The molecule has 0 bridgehead atoms. The van der Waals surface area contributed by atoms with Crippen LogP contribution in [-0.2, 0) is 19.3 Å². The van der Waals surface area contributed by atoms with Gasteiger partial charge in [-0.1, -0.05) is 64.1 Å². The van der Waals surface area contributed by atoms with Crippen LogP contribution in [0.3, 0.4) is 0 Å². The Morgan fingerprint density at radius 3 is 0.787 bits per heavy atom. The van der Waals surface area contributed by atoms with E-state index in [0.29, 0.717) is 112 Å². The zero-order valence-electron chi connectivity index (χ0n) is 41.5. The summed E-state index contributed by atoms with van der Waals surface area (Å²) < 4.78 is 0. The van der Waals surface area contributed by atoms with Gasteiger partial charge in [-0.3, -0.25) is 0 Å². The highest BCUT2D eigenvalue weighted by Crippen LogP contribution is 2.26. The first-order valence-corrected chi connectivity index (χ1v) is 23.8. The molecular formula is C54H57N15O6. The molecule has 9 aromatic rings. The van der Waals surface area contributed by atoms with Gasteiger partial charge in [0, 0.05) is 89.8 Å². The van der Waals surface area contributed by atoms with E-state index in [1.807, 2.05) is 31.2 Å². The lowest BCUT2D eigenvalue weighted by Gasteiger charge is -2.11. The number of phenolic OH excluding ortho intramolecular Hbond substituents is 6. The molecule has 0 saturated carbocycles. The largest absolute Gasteiger partial charge is 0.508 e. The van der Waals surface area contributed by atoms with Crippen molar-refractivity contribution in [1.82, 2.24) is 44.9 Å². The minimum Gasteiger partial charge on any atom is -0.508 e. The molecule has 0 saturated heterocycles. The van der Waals surface area contributed by atoms with E-state index in [9.17, 15) is 30.6 Å². The third kappa shape index (κ3) is 17.3. The van der Waals surface area contributed by atoms with E-state index in [4.69, 9.17) is 0 Å². The molecule has 6 aromatic carbocycles. The Labute approximate surface area is 432 Å². The monoisotopic (exact) mass is 1010 g/mol. The van der Waals surface area contributed by atoms with Crippen LogP contribution in [0.4, 0.5) is 69.8 Å². The number of nitrogens with one attached hydrogen (secondary N) is 6. The van der Waals surface area contributed by atoms with Gasteiger partial charge in [0.2, 0.25) is 35.7 Å². The molecule has 3 aromatic heterocycles. The van der Waals surface area contributed by atoms with E-state index >= 15 is 0 Å². The lowest BCUT2D eigenvalue weighted by atomic mass is 10.1. The number of nitrogens with zero attached hydrogens (tertiary/aromatic N) is 9. The average Bonchev–Trinajstić information content (AvgIpc) is 3.34. The zero-order valence-corrected chi connectivity index (χ0v) is 41.5. The van der Waals surface area contributed by atoms with Crippen molar-refractivity contribution in [2.45, 2.75) is 53.4 Å². The Balaban J connectivity index is 0.000000164. The molecule has 75 heavy (non-hydrogen) atoms. The molecule has 0 fully saturated rings. The van der Waals surface area contributed by atoms with E-state index in [0.717, 1.165) is 6.42 Å². The van der Waals surface area contributed by atoms with E-state index < -0.39 is 0 Å². The number of aromatic nitrogens is 9. The molecule has 3 heterocycles. The maximum absolute atomic E-state index is 9.61. The summed E-state index contributed by atoms with van der Waals surface area (Å²) >= 11 is 0. The average molecular weight is 1010 g/mol. The zero-order chi connectivity index (χ0) is 53.1. The topological polar surface area (TPSA) is 310 Å². The van der Waals surface area contributed by atoms with Gasteiger partial charge in [-0.25, -0.2) is 0 Å². The summed E-state index contributed by atoms with van der Waals surface area (Å²) in [6.45, 7) is 8.18. The van der Waals surface area contributed by atoms with Crippen LogP contribution in [0.1, 0.15) is 51.6 Å². The molecule has 12 N–H and O–H groups in total. The van der Waals surface area contributed by atoms with Crippen LogP contribution in [0.2, 0.25) is 0 Å². The molecule has 0 amide bonds. The van der Waals surface area contributed by atoms with Gasteiger partial charge >= 0.3 is 0 Å². The van der Waals surface area contributed by atoms with Crippen molar-refractivity contribution < 1.29 is 30.6 Å². The van der Waals surface area contributed by atoms with Crippen molar-refractivity contribution in [1.29, 1.82) is 0 Å². The number of phenols is 6. The van der Waals surface area contributed by atoms with Crippen LogP contribution >= 0.6 is 0 Å². The van der Waals surface area contributed by atoms with Crippen LogP contribution in [-0.4, -0.2) is 75.5 Å². The summed E-state index contributed by atoms with van der Waals surface area (Å²) in [6.07, 6.45) is 2.96. The molecule has 0 aliphatic rings. The van der Waals surface area contributed by atoms with Crippen LogP contribution in [0.5, 0.6) is 34.5 Å². The van der Waals surface area contributed by atoms with Gasteiger partial charge in [0.15, 0.2) is 0 Å². The fourth-order valence-electron chi connectivity index (χ4n) is 6.82. The van der Waals surface area contributed by atoms with Crippen molar-refractivity contribution in [2.75, 3.05) is 31.9 Å². The molecule has 0 radical (unpaired) electrons. The molecule has 0 aliphatic carbocycles. The fraction of sp³-hybridized carbons (Fsp3) is 0.167. The van der Waals surface area contributed by atoms with Crippen molar-refractivity contribution in [3.05, 3.63) is 163 Å². The van der Waals surface area contributed by atoms with Gasteiger partial charge in [0.1, 0.15) is 52.0 Å². The standard InChI is InChI=1S/C19H21N5O2.C18H19N5O2.C17H17N5O2/c1-12(2)9-17-22-18(20-13-5-3-7-15(25)10-13)24-19(23-17)21-14-6-4-8-16(26)11-14;1-2-5-16-21-17(19-12-6-3-8-14(24)10-12)23-18(22-16)20-13-7-4-9-15(25)11-13;1-2-15-20-16(18-11-5-3-7-13(23)9-11)22-17(21-15)19-12-6-4-8-14(24)10-12/h3-8,10-12,25-26H,9H2,1-2H3,(H2,20,21,22,23,24);3-4,6-11,24-25H,2,5H2,1H3,(H2,19,20,21,22,23);3-10,23-24H,2H2,1H3,(H2,18,19,20,21,22). The Bertz CT molecular complexity index is 3120. The lowest BCUT2D eigenvalue weighted by molar-refractivity contribution is 0.475. The maximum Gasteiger partial charge on any atom is 0.232 e. The second kappa shape index (κ2) is 25.9. The number of anilines is 12. The highest BCUT2D eigenvalue weighted by atomic mass is 16.3. The first-order chi connectivity index (χ1) is 36.2. The second-order valence-corrected chi connectivity index (χ2v) is 17.0. The molecule has 0 spiro atoms. The number of aromatic hydroxyl groups is 6. The quantitative estimate of drug-likeness (QED) is 0.0403. The molecule has 0 atom stereocenters. The lowest BCUT2D eigenvalue weighted by Crippen LogP contribution is -2.09. The Morgan fingerprint density at radius 2 is 0.573 bits per heavy atom. The Morgan fingerprint density at radius 1 is 0.333 bits per heavy atom.